The minimum absolute atomic E-state index is 0.151. The van der Waals surface area contributed by atoms with Crippen molar-refractivity contribution in [1.82, 2.24) is 0 Å². The standard InChI is InChI=1S/C11H8N2O6/c1-18-10(14)5-8-11(15)19-9-3-2-6(13(16)17)4-7(9)12-8/h2-5,12H,1H3/b8-5-. The third-order valence-electron chi connectivity index (χ3n) is 2.33. The minimum Gasteiger partial charge on any atom is -0.466 e. The van der Waals surface area contributed by atoms with Gasteiger partial charge in [0.15, 0.2) is 5.75 Å². The average Bonchev–Trinajstić information content (AvgIpc) is 2.38. The van der Waals surface area contributed by atoms with Crippen LogP contribution in [-0.2, 0) is 14.3 Å². The molecule has 2 rings (SSSR count). The molecule has 19 heavy (non-hydrogen) atoms. The number of carbonyl (C=O) groups is 2. The molecule has 1 aliphatic heterocycles. The zero-order valence-electron chi connectivity index (χ0n) is 9.71. The van der Waals surface area contributed by atoms with Crippen LogP contribution in [-0.4, -0.2) is 24.0 Å². The van der Waals surface area contributed by atoms with Crippen LogP contribution in [0.3, 0.4) is 0 Å². The number of fused-ring (bicyclic) bond motifs is 1. The maximum absolute atomic E-state index is 11.5. The fraction of sp³-hybridized carbons (Fsp3) is 0.0909. The van der Waals surface area contributed by atoms with Gasteiger partial charge in [0.2, 0.25) is 0 Å². The second-order valence-corrected chi connectivity index (χ2v) is 3.53. The van der Waals surface area contributed by atoms with Gasteiger partial charge in [0.05, 0.1) is 23.8 Å². The number of anilines is 1. The van der Waals surface area contributed by atoms with E-state index in [1.54, 1.807) is 0 Å². The van der Waals surface area contributed by atoms with Crippen molar-refractivity contribution in [3.8, 4) is 5.75 Å². The van der Waals surface area contributed by atoms with Crippen LogP contribution in [0.1, 0.15) is 0 Å². The predicted octanol–water partition coefficient (Wildman–Crippen LogP) is 0.983. The number of benzene rings is 1. The van der Waals surface area contributed by atoms with Crippen LogP contribution in [0, 0.1) is 10.1 Å². The third-order valence-corrected chi connectivity index (χ3v) is 2.33. The number of methoxy groups -OCH3 is 1. The van der Waals surface area contributed by atoms with Crippen LogP contribution in [0.25, 0.3) is 0 Å². The number of hydrogen-bond donors (Lipinski definition) is 1. The second-order valence-electron chi connectivity index (χ2n) is 3.53. The van der Waals surface area contributed by atoms with Crippen molar-refractivity contribution in [2.75, 3.05) is 12.4 Å². The van der Waals surface area contributed by atoms with Gasteiger partial charge in [-0.15, -0.1) is 0 Å². The maximum Gasteiger partial charge on any atom is 0.360 e. The fourth-order valence-electron chi connectivity index (χ4n) is 1.44. The molecular weight excluding hydrogens is 256 g/mol. The summed E-state index contributed by atoms with van der Waals surface area (Å²) in [6.45, 7) is 0. The van der Waals surface area contributed by atoms with Crippen LogP contribution in [0.15, 0.2) is 30.0 Å². The van der Waals surface area contributed by atoms with Gasteiger partial charge in [-0.2, -0.15) is 0 Å². The Bertz CT molecular complexity index is 607. The molecule has 0 amide bonds. The second kappa shape index (κ2) is 4.77. The molecule has 0 fully saturated rings. The van der Waals surface area contributed by atoms with E-state index in [4.69, 9.17) is 4.74 Å². The zero-order valence-corrected chi connectivity index (χ0v) is 9.71. The van der Waals surface area contributed by atoms with E-state index in [0.717, 1.165) is 13.2 Å². The van der Waals surface area contributed by atoms with Crippen LogP contribution in [0.2, 0.25) is 0 Å². The van der Waals surface area contributed by atoms with Crippen LogP contribution in [0.5, 0.6) is 5.75 Å². The predicted molar refractivity (Wildman–Crippen MR) is 62.5 cm³/mol. The van der Waals surface area contributed by atoms with Crippen molar-refractivity contribution < 1.29 is 24.0 Å². The number of non-ortho nitro benzene ring substituents is 1. The Kier molecular flexibility index (Phi) is 3.15. The van der Waals surface area contributed by atoms with Crippen molar-refractivity contribution in [3.63, 3.8) is 0 Å². The summed E-state index contributed by atoms with van der Waals surface area (Å²) in [5.74, 6) is -1.36. The van der Waals surface area contributed by atoms with Crippen molar-refractivity contribution in [2.24, 2.45) is 0 Å². The molecule has 0 saturated carbocycles. The Balaban J connectivity index is 2.37. The normalized spacial score (nSPS) is 15.2. The molecule has 8 heteroatoms. The van der Waals surface area contributed by atoms with E-state index >= 15 is 0 Å². The number of nitrogens with one attached hydrogen (secondary N) is 1. The molecule has 0 spiro atoms. The average molecular weight is 264 g/mol. The van der Waals surface area contributed by atoms with Gasteiger partial charge in [-0.05, 0) is 6.07 Å². The summed E-state index contributed by atoms with van der Waals surface area (Å²) in [7, 11) is 1.16. The lowest BCUT2D eigenvalue weighted by atomic mass is 10.2. The number of nitrogens with zero attached hydrogens (tertiary/aromatic N) is 1. The molecular formula is C11H8N2O6. The summed E-state index contributed by atoms with van der Waals surface area (Å²) in [6.07, 6.45) is 0.907. The minimum atomic E-state index is -0.772. The monoisotopic (exact) mass is 264 g/mol. The van der Waals surface area contributed by atoms with E-state index < -0.39 is 16.9 Å². The smallest absolute Gasteiger partial charge is 0.360 e. The first-order valence-electron chi connectivity index (χ1n) is 5.08. The van der Waals surface area contributed by atoms with E-state index in [1.165, 1.54) is 18.2 Å². The third kappa shape index (κ3) is 2.51. The van der Waals surface area contributed by atoms with Gasteiger partial charge in [-0.3, -0.25) is 10.1 Å². The molecule has 0 atom stereocenters. The summed E-state index contributed by atoms with van der Waals surface area (Å²) in [5.41, 5.74) is -0.0922. The van der Waals surface area contributed by atoms with Crippen LogP contribution in [0.4, 0.5) is 11.4 Å². The lowest BCUT2D eigenvalue weighted by molar-refractivity contribution is -0.384. The molecule has 1 heterocycles. The Morgan fingerprint density at radius 1 is 1.53 bits per heavy atom. The van der Waals surface area contributed by atoms with E-state index in [0.29, 0.717) is 0 Å². The Morgan fingerprint density at radius 2 is 2.26 bits per heavy atom. The number of carbonyl (C=O) groups excluding carboxylic acids is 2. The number of ether oxygens (including phenoxy) is 2. The fourth-order valence-corrected chi connectivity index (χ4v) is 1.44. The van der Waals surface area contributed by atoms with E-state index in [1.807, 2.05) is 0 Å². The number of nitro benzene ring substituents is 1. The highest BCUT2D eigenvalue weighted by Crippen LogP contribution is 2.33. The molecule has 0 aliphatic carbocycles. The topological polar surface area (TPSA) is 108 Å². The first-order chi connectivity index (χ1) is 9.01. The summed E-state index contributed by atoms with van der Waals surface area (Å²) in [6, 6.07) is 3.71. The maximum atomic E-state index is 11.5. The van der Waals surface area contributed by atoms with Gasteiger partial charge < -0.3 is 14.8 Å². The molecule has 0 aromatic heterocycles. The Hall–Kier alpha value is -2.90. The largest absolute Gasteiger partial charge is 0.466 e. The highest BCUT2D eigenvalue weighted by atomic mass is 16.6. The number of rotatable bonds is 2. The molecule has 1 N–H and O–H groups in total. The quantitative estimate of drug-likeness (QED) is 0.279. The molecule has 1 aliphatic rings. The number of nitro groups is 1. The zero-order chi connectivity index (χ0) is 14.0. The lowest BCUT2D eigenvalue weighted by Gasteiger charge is -2.19. The van der Waals surface area contributed by atoms with Gasteiger partial charge in [-0.25, -0.2) is 9.59 Å². The number of hydrogen-bond acceptors (Lipinski definition) is 7. The summed E-state index contributed by atoms with van der Waals surface area (Å²) < 4.78 is 9.30. The van der Waals surface area contributed by atoms with Gasteiger partial charge in [0.25, 0.3) is 5.69 Å². The molecule has 98 valence electrons. The Morgan fingerprint density at radius 3 is 2.89 bits per heavy atom. The molecule has 0 radical (unpaired) electrons. The molecule has 8 nitrogen and oxygen atoms in total. The summed E-state index contributed by atoms with van der Waals surface area (Å²) >= 11 is 0. The van der Waals surface area contributed by atoms with Gasteiger partial charge >= 0.3 is 11.9 Å². The van der Waals surface area contributed by atoms with Crippen molar-refractivity contribution in [2.45, 2.75) is 0 Å². The highest BCUT2D eigenvalue weighted by molar-refractivity contribution is 6.02. The van der Waals surface area contributed by atoms with E-state index in [-0.39, 0.29) is 22.8 Å². The highest BCUT2D eigenvalue weighted by Gasteiger charge is 2.24. The molecule has 1 aromatic carbocycles. The van der Waals surface area contributed by atoms with E-state index in [9.17, 15) is 19.7 Å². The SMILES string of the molecule is COC(=O)/C=C1\Nc2cc([N+](=O)[O-])ccc2OC1=O. The van der Waals surface area contributed by atoms with Gasteiger partial charge in [0.1, 0.15) is 5.70 Å². The van der Waals surface area contributed by atoms with Crippen molar-refractivity contribution in [3.05, 3.63) is 40.1 Å². The van der Waals surface area contributed by atoms with Crippen molar-refractivity contribution in [1.29, 1.82) is 0 Å². The number of esters is 2. The van der Waals surface area contributed by atoms with Crippen LogP contribution < -0.4 is 10.1 Å². The first-order valence-corrected chi connectivity index (χ1v) is 5.08. The first kappa shape index (κ1) is 12.6. The Labute approximate surface area is 106 Å². The van der Waals surface area contributed by atoms with Gasteiger partial charge in [0, 0.05) is 12.1 Å². The lowest BCUT2D eigenvalue weighted by Crippen LogP contribution is -2.24. The molecule has 1 aromatic rings. The van der Waals surface area contributed by atoms with Crippen LogP contribution >= 0.6 is 0 Å². The van der Waals surface area contributed by atoms with Gasteiger partial charge in [-0.1, -0.05) is 0 Å². The summed E-state index contributed by atoms with van der Waals surface area (Å²) in [5, 5.41) is 13.2. The molecule has 0 saturated heterocycles. The molecule has 0 bridgehead atoms. The van der Waals surface area contributed by atoms with E-state index in [2.05, 4.69) is 10.1 Å². The van der Waals surface area contributed by atoms with Crippen molar-refractivity contribution >= 4 is 23.3 Å². The summed E-state index contributed by atoms with van der Waals surface area (Å²) in [4.78, 5) is 32.6. The molecule has 0 unspecified atom stereocenters.